The van der Waals surface area contributed by atoms with Gasteiger partial charge in [0.25, 0.3) is 0 Å². The van der Waals surface area contributed by atoms with Gasteiger partial charge in [-0.3, -0.25) is 0 Å². The minimum absolute atomic E-state index is 0.0641. The highest BCUT2D eigenvalue weighted by Crippen LogP contribution is 2.34. The monoisotopic (exact) mass is 374 g/mol. The van der Waals surface area contributed by atoms with Crippen LogP contribution >= 0.6 is 0 Å². The zero-order chi connectivity index (χ0) is 19.2. The van der Waals surface area contributed by atoms with Crippen molar-refractivity contribution in [1.29, 1.82) is 0 Å². The van der Waals surface area contributed by atoms with Crippen molar-refractivity contribution < 1.29 is 17.9 Å². The molecule has 0 saturated carbocycles. The molecule has 1 aliphatic rings. The van der Waals surface area contributed by atoms with Gasteiger partial charge in [-0.2, -0.15) is 13.2 Å². The number of rotatable bonds is 3. The highest BCUT2D eigenvalue weighted by molar-refractivity contribution is 5.82. The fourth-order valence-corrected chi connectivity index (χ4v) is 3.75. The fraction of sp³-hybridized carbons (Fsp3) is 0.381. The van der Waals surface area contributed by atoms with Crippen molar-refractivity contribution in [2.45, 2.75) is 45.5 Å². The summed E-state index contributed by atoms with van der Waals surface area (Å²) >= 11 is 0. The first-order valence-electron chi connectivity index (χ1n) is 9.09. The van der Waals surface area contributed by atoms with Crippen molar-refractivity contribution in [1.82, 2.24) is 9.55 Å². The molecule has 1 fully saturated rings. The molecule has 0 radical (unpaired) electrons. The Bertz CT molecular complexity index is 985. The topological polar surface area (TPSA) is 27.1 Å². The van der Waals surface area contributed by atoms with Gasteiger partial charge in [0, 0.05) is 12.2 Å². The molecule has 3 aromatic rings. The molecule has 0 amide bonds. The van der Waals surface area contributed by atoms with Crippen LogP contribution in [0.15, 0.2) is 36.4 Å². The average Bonchev–Trinajstić information content (AvgIpc) is 3.22. The van der Waals surface area contributed by atoms with Gasteiger partial charge in [-0.15, -0.1) is 0 Å². The zero-order valence-electron chi connectivity index (χ0n) is 15.3. The lowest BCUT2D eigenvalue weighted by molar-refractivity contribution is -0.137. The Labute approximate surface area is 155 Å². The lowest BCUT2D eigenvalue weighted by Crippen LogP contribution is -2.16. The SMILES string of the molecule is Cc1ccc(-c2nc3cc(C(F)(F)F)ccc3n2CC2CCCO2)c(C)c1. The molecule has 27 heavy (non-hydrogen) atoms. The third-order valence-corrected chi connectivity index (χ3v) is 5.11. The maximum Gasteiger partial charge on any atom is 0.416 e. The number of alkyl halides is 3. The molecule has 1 saturated heterocycles. The summed E-state index contributed by atoms with van der Waals surface area (Å²) in [7, 11) is 0. The molecule has 142 valence electrons. The Morgan fingerprint density at radius 1 is 1.15 bits per heavy atom. The van der Waals surface area contributed by atoms with Crippen LogP contribution in [0.2, 0.25) is 0 Å². The number of fused-ring (bicyclic) bond motifs is 1. The van der Waals surface area contributed by atoms with Gasteiger partial charge in [0.2, 0.25) is 0 Å². The summed E-state index contributed by atoms with van der Waals surface area (Å²) in [5.74, 6) is 0.692. The van der Waals surface area contributed by atoms with Crippen LogP contribution in [0.1, 0.15) is 29.5 Å². The number of halogens is 3. The van der Waals surface area contributed by atoms with Crippen molar-refractivity contribution in [3.8, 4) is 11.4 Å². The van der Waals surface area contributed by atoms with E-state index in [4.69, 9.17) is 4.74 Å². The molecule has 0 N–H and O–H groups in total. The normalized spacial score (nSPS) is 17.7. The second-order valence-corrected chi connectivity index (χ2v) is 7.20. The van der Waals surface area contributed by atoms with E-state index in [2.05, 4.69) is 11.1 Å². The van der Waals surface area contributed by atoms with Crippen molar-refractivity contribution in [3.63, 3.8) is 0 Å². The van der Waals surface area contributed by atoms with Gasteiger partial charge < -0.3 is 9.30 Å². The molecule has 0 spiro atoms. The summed E-state index contributed by atoms with van der Waals surface area (Å²) in [4.78, 5) is 4.60. The minimum Gasteiger partial charge on any atom is -0.376 e. The number of aryl methyl sites for hydroxylation is 2. The predicted octanol–water partition coefficient (Wildman–Crippen LogP) is 5.52. The first-order valence-corrected chi connectivity index (χ1v) is 9.09. The van der Waals surface area contributed by atoms with Crippen molar-refractivity contribution in [2.24, 2.45) is 0 Å². The van der Waals surface area contributed by atoms with Crippen LogP contribution in [0.3, 0.4) is 0 Å². The number of benzene rings is 2. The van der Waals surface area contributed by atoms with Crippen LogP contribution in [0.5, 0.6) is 0 Å². The standard InChI is InChI=1S/C21H21F3N2O/c1-13-5-7-17(14(2)10-13)20-25-18-11-15(21(22,23)24)6-8-19(18)26(20)12-16-4-3-9-27-16/h5-8,10-11,16H,3-4,9,12H2,1-2H3. The van der Waals surface area contributed by atoms with Crippen LogP contribution in [-0.2, 0) is 17.5 Å². The summed E-state index contributed by atoms with van der Waals surface area (Å²) < 4.78 is 47.2. The zero-order valence-corrected chi connectivity index (χ0v) is 15.3. The Kier molecular flexibility index (Phi) is 4.46. The first kappa shape index (κ1) is 18.0. The molecule has 2 aromatic carbocycles. The molecule has 2 heterocycles. The molecule has 1 unspecified atom stereocenters. The highest BCUT2D eigenvalue weighted by atomic mass is 19.4. The molecule has 1 atom stereocenters. The Hall–Kier alpha value is -2.34. The van der Waals surface area contributed by atoms with Crippen LogP contribution in [0, 0.1) is 13.8 Å². The van der Waals surface area contributed by atoms with E-state index >= 15 is 0 Å². The molecule has 4 rings (SSSR count). The van der Waals surface area contributed by atoms with Gasteiger partial charge in [0.15, 0.2) is 0 Å². The van der Waals surface area contributed by atoms with Gasteiger partial charge in [-0.1, -0.05) is 23.8 Å². The maximum atomic E-state index is 13.1. The van der Waals surface area contributed by atoms with Crippen molar-refractivity contribution in [2.75, 3.05) is 6.61 Å². The third kappa shape index (κ3) is 3.46. The first-order chi connectivity index (χ1) is 12.8. The van der Waals surface area contributed by atoms with Gasteiger partial charge >= 0.3 is 6.18 Å². The van der Waals surface area contributed by atoms with Gasteiger partial charge in [-0.25, -0.2) is 4.98 Å². The largest absolute Gasteiger partial charge is 0.416 e. The molecule has 3 nitrogen and oxygen atoms in total. The number of nitrogens with zero attached hydrogens (tertiary/aromatic N) is 2. The second-order valence-electron chi connectivity index (χ2n) is 7.20. The van der Waals surface area contributed by atoms with E-state index in [9.17, 15) is 13.2 Å². The van der Waals surface area contributed by atoms with Gasteiger partial charge in [-0.05, 0) is 50.5 Å². The smallest absolute Gasteiger partial charge is 0.376 e. The summed E-state index contributed by atoms with van der Waals surface area (Å²) in [6, 6.07) is 9.83. The number of hydrogen-bond donors (Lipinski definition) is 0. The van der Waals surface area contributed by atoms with Crippen LogP contribution < -0.4 is 0 Å². The molecule has 0 bridgehead atoms. The summed E-state index contributed by atoms with van der Waals surface area (Å²) in [6.45, 7) is 5.33. The third-order valence-electron chi connectivity index (χ3n) is 5.11. The van der Waals surface area contributed by atoms with E-state index in [1.807, 2.05) is 30.5 Å². The van der Waals surface area contributed by atoms with E-state index in [1.54, 1.807) is 0 Å². The number of aromatic nitrogens is 2. The highest BCUT2D eigenvalue weighted by Gasteiger charge is 2.31. The summed E-state index contributed by atoms with van der Waals surface area (Å²) in [5.41, 5.74) is 3.51. The van der Waals surface area contributed by atoms with E-state index in [0.29, 0.717) is 23.4 Å². The van der Waals surface area contributed by atoms with Crippen molar-refractivity contribution in [3.05, 3.63) is 53.1 Å². The Balaban J connectivity index is 1.89. The molecule has 1 aromatic heterocycles. The summed E-state index contributed by atoms with van der Waals surface area (Å²) in [5, 5.41) is 0. The lowest BCUT2D eigenvalue weighted by atomic mass is 10.1. The van der Waals surface area contributed by atoms with Crippen LogP contribution in [0.4, 0.5) is 13.2 Å². The minimum atomic E-state index is -4.38. The molecule has 0 aliphatic carbocycles. The van der Waals surface area contributed by atoms with Crippen molar-refractivity contribution >= 4 is 11.0 Å². The Morgan fingerprint density at radius 3 is 2.63 bits per heavy atom. The van der Waals surface area contributed by atoms with E-state index in [1.165, 1.54) is 6.07 Å². The second kappa shape index (κ2) is 6.68. The van der Waals surface area contributed by atoms with Crippen LogP contribution in [-0.4, -0.2) is 22.3 Å². The van der Waals surface area contributed by atoms with E-state index < -0.39 is 11.7 Å². The quantitative estimate of drug-likeness (QED) is 0.604. The maximum absolute atomic E-state index is 13.1. The summed E-state index contributed by atoms with van der Waals surface area (Å²) in [6.07, 6.45) is -2.36. The van der Waals surface area contributed by atoms with Gasteiger partial charge in [0.05, 0.1) is 29.2 Å². The predicted molar refractivity (Wildman–Crippen MR) is 98.6 cm³/mol. The molecule has 1 aliphatic heterocycles. The van der Waals surface area contributed by atoms with Gasteiger partial charge in [0.1, 0.15) is 5.82 Å². The molecular weight excluding hydrogens is 353 g/mol. The Morgan fingerprint density at radius 2 is 1.96 bits per heavy atom. The molecular formula is C21H21F3N2O. The molecule has 6 heteroatoms. The number of ether oxygens (including phenoxy) is 1. The average molecular weight is 374 g/mol. The fourth-order valence-electron chi connectivity index (χ4n) is 3.75. The lowest BCUT2D eigenvalue weighted by Gasteiger charge is -2.15. The number of imidazole rings is 1. The van der Waals surface area contributed by atoms with E-state index in [0.717, 1.165) is 48.3 Å². The van der Waals surface area contributed by atoms with E-state index in [-0.39, 0.29) is 6.10 Å². The number of hydrogen-bond acceptors (Lipinski definition) is 2. The van der Waals surface area contributed by atoms with Crippen LogP contribution in [0.25, 0.3) is 22.4 Å².